The number of anilines is 1. The third-order valence-electron chi connectivity index (χ3n) is 3.93. The average molecular weight is 274 g/mol. The monoisotopic (exact) mass is 274 g/mol. The molecule has 2 N–H and O–H groups in total. The highest BCUT2D eigenvalue weighted by molar-refractivity contribution is 5.99. The normalized spacial score (nSPS) is 15.6. The Kier molecular flexibility index (Phi) is 5.45. The third-order valence-corrected chi connectivity index (χ3v) is 3.93. The molecule has 3 nitrogen and oxygen atoms in total. The summed E-state index contributed by atoms with van der Waals surface area (Å²) in [5.74, 6) is 0.853. The summed E-state index contributed by atoms with van der Waals surface area (Å²) in [6.07, 6.45) is 6.51. The molecule has 0 bridgehead atoms. The van der Waals surface area contributed by atoms with Crippen LogP contribution in [-0.2, 0) is 0 Å². The summed E-state index contributed by atoms with van der Waals surface area (Å²) >= 11 is 0. The highest BCUT2D eigenvalue weighted by Gasteiger charge is 2.16. The minimum Gasteiger partial charge on any atom is -0.382 e. The molecular formula is C17H26N2O. The first-order valence-electron chi connectivity index (χ1n) is 7.80. The Morgan fingerprint density at radius 1 is 1.25 bits per heavy atom. The Bertz CT molecular complexity index is 436. The number of para-hydroxylation sites is 1. The second kappa shape index (κ2) is 7.32. The van der Waals surface area contributed by atoms with Crippen molar-refractivity contribution in [3.05, 3.63) is 29.8 Å². The lowest BCUT2D eigenvalue weighted by Crippen LogP contribution is -2.27. The molecule has 3 heteroatoms. The molecule has 1 aromatic carbocycles. The van der Waals surface area contributed by atoms with Gasteiger partial charge in [0.25, 0.3) is 5.91 Å². The van der Waals surface area contributed by atoms with Gasteiger partial charge in [0.05, 0.1) is 5.56 Å². The van der Waals surface area contributed by atoms with Crippen LogP contribution in [0.15, 0.2) is 24.3 Å². The van der Waals surface area contributed by atoms with Crippen molar-refractivity contribution in [1.82, 2.24) is 5.32 Å². The standard InChI is InChI=1S/C17H26N2O/c1-13(2)19-16-10-6-5-9-15(16)17(20)18-12-11-14-7-3-4-8-14/h5-6,9-10,13-14,19H,3-4,7-8,11-12H2,1-2H3,(H,18,20). The zero-order valence-corrected chi connectivity index (χ0v) is 12.6. The molecule has 0 saturated heterocycles. The van der Waals surface area contributed by atoms with E-state index in [1.807, 2.05) is 24.3 Å². The van der Waals surface area contributed by atoms with Gasteiger partial charge in [-0.15, -0.1) is 0 Å². The van der Waals surface area contributed by atoms with Crippen LogP contribution >= 0.6 is 0 Å². The summed E-state index contributed by atoms with van der Waals surface area (Å²) in [6.45, 7) is 4.95. The van der Waals surface area contributed by atoms with Crippen LogP contribution in [0.1, 0.15) is 56.3 Å². The Labute approximate surface area is 122 Å². The minimum absolute atomic E-state index is 0.0340. The van der Waals surface area contributed by atoms with Gasteiger partial charge in [-0.05, 0) is 38.3 Å². The van der Waals surface area contributed by atoms with Gasteiger partial charge in [-0.2, -0.15) is 0 Å². The molecule has 1 aliphatic rings. The highest BCUT2D eigenvalue weighted by atomic mass is 16.1. The fourth-order valence-corrected chi connectivity index (χ4v) is 2.90. The zero-order valence-electron chi connectivity index (χ0n) is 12.6. The van der Waals surface area contributed by atoms with Crippen LogP contribution < -0.4 is 10.6 Å². The van der Waals surface area contributed by atoms with Gasteiger partial charge in [0.1, 0.15) is 0 Å². The second-order valence-corrected chi connectivity index (χ2v) is 6.04. The number of carbonyl (C=O) groups is 1. The minimum atomic E-state index is 0.0340. The summed E-state index contributed by atoms with van der Waals surface area (Å²) < 4.78 is 0. The predicted octanol–water partition coefficient (Wildman–Crippen LogP) is 3.82. The van der Waals surface area contributed by atoms with Crippen LogP contribution in [0.5, 0.6) is 0 Å². The first kappa shape index (κ1) is 14.9. The molecule has 0 aliphatic heterocycles. The van der Waals surface area contributed by atoms with Crippen molar-refractivity contribution in [2.24, 2.45) is 5.92 Å². The molecule has 0 unspecified atom stereocenters. The molecule has 110 valence electrons. The quantitative estimate of drug-likeness (QED) is 0.828. The van der Waals surface area contributed by atoms with Crippen LogP contribution in [0.25, 0.3) is 0 Å². The summed E-state index contributed by atoms with van der Waals surface area (Å²) in [7, 11) is 0. The largest absolute Gasteiger partial charge is 0.382 e. The molecule has 1 amide bonds. The van der Waals surface area contributed by atoms with Crippen molar-refractivity contribution in [3.8, 4) is 0 Å². The van der Waals surface area contributed by atoms with Crippen molar-refractivity contribution in [2.75, 3.05) is 11.9 Å². The predicted molar refractivity (Wildman–Crippen MR) is 84.1 cm³/mol. The van der Waals surface area contributed by atoms with E-state index in [-0.39, 0.29) is 5.91 Å². The van der Waals surface area contributed by atoms with E-state index in [1.165, 1.54) is 25.7 Å². The Morgan fingerprint density at radius 3 is 2.65 bits per heavy atom. The van der Waals surface area contributed by atoms with E-state index in [0.717, 1.165) is 30.1 Å². The van der Waals surface area contributed by atoms with Gasteiger partial charge < -0.3 is 10.6 Å². The highest BCUT2D eigenvalue weighted by Crippen LogP contribution is 2.27. The molecule has 0 spiro atoms. The summed E-state index contributed by atoms with van der Waals surface area (Å²) in [6, 6.07) is 8.04. The van der Waals surface area contributed by atoms with Gasteiger partial charge in [0, 0.05) is 18.3 Å². The van der Waals surface area contributed by atoms with Crippen LogP contribution in [0.3, 0.4) is 0 Å². The van der Waals surface area contributed by atoms with Gasteiger partial charge in [0.2, 0.25) is 0 Å². The fourth-order valence-electron chi connectivity index (χ4n) is 2.90. The Morgan fingerprint density at radius 2 is 1.95 bits per heavy atom. The van der Waals surface area contributed by atoms with E-state index in [9.17, 15) is 4.79 Å². The molecule has 1 saturated carbocycles. The van der Waals surface area contributed by atoms with E-state index in [2.05, 4.69) is 24.5 Å². The Balaban J connectivity index is 1.87. The number of hydrogen-bond donors (Lipinski definition) is 2. The lowest BCUT2D eigenvalue weighted by atomic mass is 10.0. The molecule has 0 atom stereocenters. The zero-order chi connectivity index (χ0) is 14.4. The number of rotatable bonds is 6. The maximum atomic E-state index is 12.3. The number of nitrogens with one attached hydrogen (secondary N) is 2. The van der Waals surface area contributed by atoms with Crippen LogP contribution in [-0.4, -0.2) is 18.5 Å². The van der Waals surface area contributed by atoms with Crippen LogP contribution in [0.4, 0.5) is 5.69 Å². The summed E-state index contributed by atoms with van der Waals surface area (Å²) in [5.41, 5.74) is 1.66. The van der Waals surface area contributed by atoms with E-state index >= 15 is 0 Å². The number of amides is 1. The Hall–Kier alpha value is -1.51. The summed E-state index contributed by atoms with van der Waals surface area (Å²) in [5, 5.41) is 6.39. The molecule has 20 heavy (non-hydrogen) atoms. The molecule has 1 fully saturated rings. The molecule has 1 aliphatic carbocycles. The maximum Gasteiger partial charge on any atom is 0.253 e. The van der Waals surface area contributed by atoms with Gasteiger partial charge in [-0.1, -0.05) is 37.8 Å². The van der Waals surface area contributed by atoms with Crippen molar-refractivity contribution >= 4 is 11.6 Å². The lowest BCUT2D eigenvalue weighted by Gasteiger charge is -2.15. The molecule has 0 aromatic heterocycles. The van der Waals surface area contributed by atoms with E-state index in [0.29, 0.717) is 6.04 Å². The first-order chi connectivity index (χ1) is 9.66. The van der Waals surface area contributed by atoms with Crippen molar-refractivity contribution in [1.29, 1.82) is 0 Å². The smallest absolute Gasteiger partial charge is 0.253 e. The van der Waals surface area contributed by atoms with Gasteiger partial charge in [0.15, 0.2) is 0 Å². The fraction of sp³-hybridized carbons (Fsp3) is 0.588. The van der Waals surface area contributed by atoms with Gasteiger partial charge in [-0.25, -0.2) is 0 Å². The number of hydrogen-bond acceptors (Lipinski definition) is 2. The molecule has 1 aromatic rings. The summed E-state index contributed by atoms with van der Waals surface area (Å²) in [4.78, 5) is 12.3. The maximum absolute atomic E-state index is 12.3. The molecular weight excluding hydrogens is 248 g/mol. The molecule has 0 radical (unpaired) electrons. The van der Waals surface area contributed by atoms with Crippen molar-refractivity contribution in [2.45, 2.75) is 52.0 Å². The lowest BCUT2D eigenvalue weighted by molar-refractivity contribution is 0.0952. The van der Waals surface area contributed by atoms with Crippen molar-refractivity contribution < 1.29 is 4.79 Å². The van der Waals surface area contributed by atoms with Crippen LogP contribution in [0.2, 0.25) is 0 Å². The molecule has 2 rings (SSSR count). The van der Waals surface area contributed by atoms with E-state index < -0.39 is 0 Å². The first-order valence-corrected chi connectivity index (χ1v) is 7.80. The topological polar surface area (TPSA) is 41.1 Å². The number of benzene rings is 1. The van der Waals surface area contributed by atoms with E-state index in [1.54, 1.807) is 0 Å². The van der Waals surface area contributed by atoms with Crippen LogP contribution in [0, 0.1) is 5.92 Å². The SMILES string of the molecule is CC(C)Nc1ccccc1C(=O)NCCC1CCCC1. The molecule has 0 heterocycles. The van der Waals surface area contributed by atoms with Gasteiger partial charge >= 0.3 is 0 Å². The second-order valence-electron chi connectivity index (χ2n) is 6.04. The van der Waals surface area contributed by atoms with Gasteiger partial charge in [-0.3, -0.25) is 4.79 Å². The van der Waals surface area contributed by atoms with E-state index in [4.69, 9.17) is 0 Å². The number of carbonyl (C=O) groups excluding carboxylic acids is 1. The van der Waals surface area contributed by atoms with Crippen molar-refractivity contribution in [3.63, 3.8) is 0 Å². The average Bonchev–Trinajstić information content (AvgIpc) is 2.91. The third kappa shape index (κ3) is 4.26.